The van der Waals surface area contributed by atoms with Crippen molar-refractivity contribution >= 4 is 59.9 Å². The monoisotopic (exact) mass is 466 g/mol. The number of nitrogens with zero attached hydrogens (tertiary/aromatic N) is 1. The molecule has 0 spiro atoms. The fourth-order valence-corrected chi connectivity index (χ4v) is 4.84. The van der Waals surface area contributed by atoms with Gasteiger partial charge in [0.25, 0.3) is 15.9 Å². The van der Waals surface area contributed by atoms with E-state index >= 15 is 0 Å². The van der Waals surface area contributed by atoms with E-state index in [2.05, 4.69) is 20.3 Å². The fraction of sp³-hybridized carbons (Fsp3) is 0.0455. The van der Waals surface area contributed by atoms with Gasteiger partial charge in [-0.2, -0.15) is 0 Å². The average molecular weight is 467 g/mol. The number of carbonyl (C=O) groups excluding carboxylic acids is 2. The lowest BCUT2D eigenvalue weighted by molar-refractivity contribution is -0.114. The van der Waals surface area contributed by atoms with Gasteiger partial charge in [-0.1, -0.05) is 23.5 Å². The minimum atomic E-state index is -3.83. The lowest BCUT2D eigenvalue weighted by atomic mass is 10.2. The number of thiazole rings is 1. The van der Waals surface area contributed by atoms with Gasteiger partial charge in [0.2, 0.25) is 5.91 Å². The van der Waals surface area contributed by atoms with E-state index in [0.29, 0.717) is 22.1 Å². The van der Waals surface area contributed by atoms with Gasteiger partial charge in [0.05, 0.1) is 15.1 Å². The summed E-state index contributed by atoms with van der Waals surface area (Å²) in [6.07, 6.45) is 0. The van der Waals surface area contributed by atoms with E-state index in [0.717, 1.165) is 10.2 Å². The van der Waals surface area contributed by atoms with E-state index in [1.54, 1.807) is 0 Å². The van der Waals surface area contributed by atoms with E-state index in [4.69, 9.17) is 0 Å². The number of benzene rings is 3. The van der Waals surface area contributed by atoms with Crippen LogP contribution in [-0.4, -0.2) is 25.2 Å². The van der Waals surface area contributed by atoms with E-state index < -0.39 is 10.0 Å². The lowest BCUT2D eigenvalue weighted by Crippen LogP contribution is -2.14. The van der Waals surface area contributed by atoms with Gasteiger partial charge in [-0.3, -0.25) is 19.6 Å². The highest BCUT2D eigenvalue weighted by atomic mass is 32.2. The summed E-state index contributed by atoms with van der Waals surface area (Å²) in [4.78, 5) is 28.0. The lowest BCUT2D eigenvalue weighted by Gasteiger charge is -2.10. The molecule has 8 nitrogen and oxygen atoms in total. The van der Waals surface area contributed by atoms with Crippen LogP contribution in [0, 0.1) is 0 Å². The predicted octanol–water partition coefficient (Wildman–Crippen LogP) is 4.31. The average Bonchev–Trinajstić information content (AvgIpc) is 3.16. The molecule has 10 heteroatoms. The van der Waals surface area contributed by atoms with E-state index in [1.807, 2.05) is 24.3 Å². The van der Waals surface area contributed by atoms with Crippen molar-refractivity contribution in [1.82, 2.24) is 4.98 Å². The molecule has 4 rings (SSSR count). The van der Waals surface area contributed by atoms with Crippen molar-refractivity contribution in [2.45, 2.75) is 11.8 Å². The maximum atomic E-state index is 12.6. The molecule has 162 valence electrons. The van der Waals surface area contributed by atoms with Crippen molar-refractivity contribution < 1.29 is 18.0 Å². The van der Waals surface area contributed by atoms with Crippen molar-refractivity contribution in [2.24, 2.45) is 0 Å². The number of hydrogen-bond donors (Lipinski definition) is 3. The fourth-order valence-electron chi connectivity index (χ4n) is 2.92. The molecule has 3 aromatic carbocycles. The normalized spacial score (nSPS) is 11.2. The van der Waals surface area contributed by atoms with E-state index in [9.17, 15) is 18.0 Å². The Kier molecular flexibility index (Phi) is 5.89. The Bertz CT molecular complexity index is 1360. The van der Waals surface area contributed by atoms with Crippen LogP contribution in [0.15, 0.2) is 77.7 Å². The topological polar surface area (TPSA) is 117 Å². The summed E-state index contributed by atoms with van der Waals surface area (Å²) in [5.74, 6) is -0.585. The smallest absolute Gasteiger partial charge is 0.261 e. The van der Waals surface area contributed by atoms with Crippen molar-refractivity contribution in [2.75, 3.05) is 15.4 Å². The third kappa shape index (κ3) is 4.93. The van der Waals surface area contributed by atoms with Gasteiger partial charge < -0.3 is 5.32 Å². The Morgan fingerprint density at radius 1 is 0.844 bits per heavy atom. The SMILES string of the molecule is CC(=O)Nc1ccc(S(=O)(=O)Nc2ccc(C(=O)Nc3nc4ccccc4s3)cc2)cc1. The molecular formula is C22H18N4O4S2. The molecule has 1 aromatic heterocycles. The Labute approximate surface area is 188 Å². The number of sulfonamides is 1. The Hall–Kier alpha value is -3.76. The summed E-state index contributed by atoms with van der Waals surface area (Å²) in [6, 6.07) is 19.5. The van der Waals surface area contributed by atoms with Crippen LogP contribution >= 0.6 is 11.3 Å². The van der Waals surface area contributed by atoms with Gasteiger partial charge in [0.15, 0.2) is 5.13 Å². The molecule has 0 saturated carbocycles. The molecule has 0 saturated heterocycles. The second-order valence-electron chi connectivity index (χ2n) is 6.83. The van der Waals surface area contributed by atoms with Gasteiger partial charge in [-0.05, 0) is 60.7 Å². The van der Waals surface area contributed by atoms with E-state index in [-0.39, 0.29) is 16.7 Å². The summed E-state index contributed by atoms with van der Waals surface area (Å²) in [6.45, 7) is 1.37. The van der Waals surface area contributed by atoms with Crippen LogP contribution in [-0.2, 0) is 14.8 Å². The Morgan fingerprint density at radius 3 is 2.16 bits per heavy atom. The quantitative estimate of drug-likeness (QED) is 0.391. The molecule has 2 amide bonds. The van der Waals surface area contributed by atoms with Gasteiger partial charge in [0.1, 0.15) is 0 Å². The molecule has 1 heterocycles. The molecule has 4 aromatic rings. The second-order valence-corrected chi connectivity index (χ2v) is 9.54. The van der Waals surface area contributed by atoms with Gasteiger partial charge >= 0.3 is 0 Å². The first-order valence-corrected chi connectivity index (χ1v) is 11.8. The van der Waals surface area contributed by atoms with Crippen LogP contribution < -0.4 is 15.4 Å². The van der Waals surface area contributed by atoms with Crippen LogP contribution in [0.2, 0.25) is 0 Å². The number of para-hydroxylation sites is 1. The third-order valence-electron chi connectivity index (χ3n) is 4.40. The van der Waals surface area contributed by atoms with Crippen molar-refractivity contribution in [3.63, 3.8) is 0 Å². The van der Waals surface area contributed by atoms with Crippen LogP contribution in [0.25, 0.3) is 10.2 Å². The Morgan fingerprint density at radius 2 is 1.50 bits per heavy atom. The molecule has 0 aliphatic heterocycles. The molecule has 3 N–H and O–H groups in total. The number of anilines is 3. The first kappa shape index (κ1) is 21.5. The number of hydrogen-bond acceptors (Lipinski definition) is 6. The zero-order chi connectivity index (χ0) is 22.7. The number of amides is 2. The highest BCUT2D eigenvalue weighted by Gasteiger charge is 2.15. The number of fused-ring (bicyclic) bond motifs is 1. The first-order valence-electron chi connectivity index (χ1n) is 9.48. The highest BCUT2D eigenvalue weighted by Crippen LogP contribution is 2.26. The maximum Gasteiger partial charge on any atom is 0.261 e. The molecule has 0 bridgehead atoms. The van der Waals surface area contributed by atoms with Gasteiger partial charge in [-0.25, -0.2) is 13.4 Å². The molecule has 0 radical (unpaired) electrons. The highest BCUT2D eigenvalue weighted by molar-refractivity contribution is 7.92. The number of rotatable bonds is 6. The van der Waals surface area contributed by atoms with Gasteiger partial charge in [0, 0.05) is 23.9 Å². The first-order chi connectivity index (χ1) is 15.3. The Balaban J connectivity index is 1.43. The van der Waals surface area contributed by atoms with Gasteiger partial charge in [-0.15, -0.1) is 0 Å². The minimum absolute atomic E-state index is 0.0456. The third-order valence-corrected chi connectivity index (χ3v) is 6.75. The van der Waals surface area contributed by atoms with E-state index in [1.165, 1.54) is 66.8 Å². The molecule has 0 aliphatic carbocycles. The number of nitrogens with one attached hydrogen (secondary N) is 3. The number of aromatic nitrogens is 1. The molecular weight excluding hydrogens is 448 g/mol. The molecule has 0 fully saturated rings. The largest absolute Gasteiger partial charge is 0.326 e. The summed E-state index contributed by atoms with van der Waals surface area (Å²) >= 11 is 1.38. The summed E-state index contributed by atoms with van der Waals surface area (Å²) in [5.41, 5.74) is 1.99. The summed E-state index contributed by atoms with van der Waals surface area (Å²) in [5, 5.41) is 5.83. The molecule has 32 heavy (non-hydrogen) atoms. The van der Waals surface area contributed by atoms with Crippen molar-refractivity contribution in [3.8, 4) is 0 Å². The molecule has 0 aliphatic rings. The summed E-state index contributed by atoms with van der Waals surface area (Å²) < 4.78 is 28.6. The molecule has 0 unspecified atom stereocenters. The zero-order valence-electron chi connectivity index (χ0n) is 16.8. The standard InChI is InChI=1S/C22H18N4O4S2/c1-14(27)23-16-10-12-18(13-11-16)32(29,30)26-17-8-6-15(7-9-17)21(28)25-22-24-19-4-2-3-5-20(19)31-22/h2-13,26H,1H3,(H,23,27)(H,24,25,28). The minimum Gasteiger partial charge on any atom is -0.326 e. The summed E-state index contributed by atoms with van der Waals surface area (Å²) in [7, 11) is -3.83. The van der Waals surface area contributed by atoms with Crippen molar-refractivity contribution in [1.29, 1.82) is 0 Å². The van der Waals surface area contributed by atoms with Crippen LogP contribution in [0.5, 0.6) is 0 Å². The second kappa shape index (κ2) is 8.77. The van der Waals surface area contributed by atoms with Crippen LogP contribution in [0.1, 0.15) is 17.3 Å². The zero-order valence-corrected chi connectivity index (χ0v) is 18.5. The maximum absolute atomic E-state index is 12.6. The predicted molar refractivity (Wildman–Crippen MR) is 126 cm³/mol. The molecule has 0 atom stereocenters. The number of carbonyl (C=O) groups is 2. The van der Waals surface area contributed by atoms with Crippen LogP contribution in [0.3, 0.4) is 0 Å². The van der Waals surface area contributed by atoms with Crippen molar-refractivity contribution in [3.05, 3.63) is 78.4 Å². The van der Waals surface area contributed by atoms with Crippen LogP contribution in [0.4, 0.5) is 16.5 Å².